The number of piperidine rings is 1. The molecule has 2 aliphatic rings. The third-order valence-corrected chi connectivity index (χ3v) is 7.28. The maximum Gasteiger partial charge on any atom is 0.404 e. The summed E-state index contributed by atoms with van der Waals surface area (Å²) in [7, 11) is 0. The number of aliphatic carboxylic acids is 1. The van der Waals surface area contributed by atoms with Gasteiger partial charge in [0, 0.05) is 56.0 Å². The quantitative estimate of drug-likeness (QED) is 0.256. The van der Waals surface area contributed by atoms with Gasteiger partial charge in [-0.05, 0) is 36.1 Å². The Morgan fingerprint density at radius 3 is 2.40 bits per heavy atom. The van der Waals surface area contributed by atoms with Crippen LogP contribution in [0.25, 0.3) is 0 Å². The molecule has 1 saturated heterocycles. The molecule has 2 aromatic carbocycles. The van der Waals surface area contributed by atoms with E-state index >= 15 is 0 Å². The molecule has 1 unspecified atom stereocenters. The van der Waals surface area contributed by atoms with Crippen molar-refractivity contribution in [3.8, 4) is 0 Å². The number of hydrogen-bond donors (Lipinski definition) is 5. The molecule has 0 aliphatic carbocycles. The van der Waals surface area contributed by atoms with E-state index in [-0.39, 0.29) is 43.2 Å². The van der Waals surface area contributed by atoms with Crippen LogP contribution < -0.4 is 21.7 Å². The number of nitrogens with two attached hydrogens (primary N) is 1. The van der Waals surface area contributed by atoms with E-state index in [4.69, 9.17) is 22.4 Å². The molecule has 13 heteroatoms. The Morgan fingerprint density at radius 2 is 1.79 bits per heavy atom. The van der Waals surface area contributed by atoms with Gasteiger partial charge in [-0.2, -0.15) is 0 Å². The number of rotatable bonds is 11. The van der Waals surface area contributed by atoms with E-state index in [1.54, 1.807) is 0 Å². The first-order chi connectivity index (χ1) is 20.7. The zero-order valence-electron chi connectivity index (χ0n) is 24.0. The fourth-order valence-electron chi connectivity index (χ4n) is 4.68. The number of hydrogen-bond acceptors (Lipinski definition) is 8. The van der Waals surface area contributed by atoms with Gasteiger partial charge in [-0.15, -0.1) is 0 Å². The van der Waals surface area contributed by atoms with Crippen LogP contribution in [0.15, 0.2) is 59.6 Å². The molecule has 0 radical (unpaired) electrons. The average molecular weight is 615 g/mol. The summed E-state index contributed by atoms with van der Waals surface area (Å²) in [6.07, 6.45) is 0.668. The van der Waals surface area contributed by atoms with Crippen LogP contribution in [0.5, 0.6) is 0 Å². The number of primary amides is 1. The molecule has 4 rings (SSSR count). The van der Waals surface area contributed by atoms with Crippen LogP contribution in [0, 0.1) is 5.92 Å². The Labute approximate surface area is 256 Å². The summed E-state index contributed by atoms with van der Waals surface area (Å²) < 4.78 is 4.57. The van der Waals surface area contributed by atoms with Crippen molar-refractivity contribution in [3.05, 3.63) is 70.7 Å². The number of benzene rings is 2. The predicted molar refractivity (Wildman–Crippen MR) is 162 cm³/mol. The molecule has 2 aliphatic heterocycles. The van der Waals surface area contributed by atoms with Crippen LogP contribution in [0.3, 0.4) is 0 Å². The second-order valence-corrected chi connectivity index (χ2v) is 10.6. The lowest BCUT2D eigenvalue weighted by Gasteiger charge is -2.32. The lowest BCUT2D eigenvalue weighted by Crippen LogP contribution is -2.44. The SMILES string of the molecule is NC(=O)OCc1ccccc1.O=C(O)CCNC(=O)C1CCN(C(=O)CC(CNC2=NCCN2)c2ccc(Cl)cc2)CC1. The van der Waals surface area contributed by atoms with Crippen molar-refractivity contribution < 1.29 is 29.0 Å². The highest BCUT2D eigenvalue weighted by molar-refractivity contribution is 6.30. The number of likely N-dealkylation sites (tertiary alicyclic amines) is 1. The number of nitrogens with one attached hydrogen (secondary N) is 3. The molecule has 0 bridgehead atoms. The smallest absolute Gasteiger partial charge is 0.404 e. The zero-order valence-corrected chi connectivity index (χ0v) is 24.7. The number of nitrogens with zero attached hydrogens (tertiary/aromatic N) is 2. The van der Waals surface area contributed by atoms with Crippen molar-refractivity contribution in [1.29, 1.82) is 0 Å². The van der Waals surface area contributed by atoms with Gasteiger partial charge in [0.2, 0.25) is 11.8 Å². The van der Waals surface area contributed by atoms with Gasteiger partial charge in [0.1, 0.15) is 6.61 Å². The third kappa shape index (κ3) is 12.2. The maximum atomic E-state index is 13.0. The van der Waals surface area contributed by atoms with Crippen molar-refractivity contribution >= 4 is 41.4 Å². The van der Waals surface area contributed by atoms with Gasteiger partial charge in [0.25, 0.3) is 0 Å². The Kier molecular flexibility index (Phi) is 13.6. The Balaban J connectivity index is 0.000000386. The lowest BCUT2D eigenvalue weighted by atomic mass is 9.92. The predicted octanol–water partition coefficient (Wildman–Crippen LogP) is 2.47. The van der Waals surface area contributed by atoms with Crippen molar-refractivity contribution in [3.63, 3.8) is 0 Å². The Bertz CT molecular complexity index is 1240. The summed E-state index contributed by atoms with van der Waals surface area (Å²) in [5, 5.41) is 18.5. The van der Waals surface area contributed by atoms with Gasteiger partial charge in [-0.1, -0.05) is 54.1 Å². The summed E-state index contributed by atoms with van der Waals surface area (Å²) >= 11 is 6.03. The van der Waals surface area contributed by atoms with E-state index in [1.165, 1.54) is 0 Å². The van der Waals surface area contributed by atoms with Crippen molar-refractivity contribution in [2.24, 2.45) is 16.6 Å². The molecular weight excluding hydrogens is 576 g/mol. The van der Waals surface area contributed by atoms with E-state index in [1.807, 2.05) is 59.5 Å². The normalized spacial score (nSPS) is 15.2. The number of aliphatic imine (C=N–C) groups is 1. The summed E-state index contributed by atoms with van der Waals surface area (Å²) in [5.74, 6) is -0.489. The summed E-state index contributed by atoms with van der Waals surface area (Å²) in [6.45, 7) is 3.54. The highest BCUT2D eigenvalue weighted by Gasteiger charge is 2.29. The molecule has 232 valence electrons. The van der Waals surface area contributed by atoms with Crippen LogP contribution >= 0.6 is 11.6 Å². The molecule has 0 spiro atoms. The number of halogens is 1. The summed E-state index contributed by atoms with van der Waals surface area (Å²) in [4.78, 5) is 52.2. The minimum absolute atomic E-state index is 0.0399. The topological polar surface area (TPSA) is 175 Å². The van der Waals surface area contributed by atoms with Crippen LogP contribution in [-0.2, 0) is 25.7 Å². The van der Waals surface area contributed by atoms with Crippen LogP contribution in [0.2, 0.25) is 5.02 Å². The second kappa shape index (κ2) is 17.6. The minimum atomic E-state index is -0.939. The fourth-order valence-corrected chi connectivity index (χ4v) is 4.80. The molecule has 43 heavy (non-hydrogen) atoms. The number of guanidine groups is 1. The van der Waals surface area contributed by atoms with Gasteiger partial charge in [0.05, 0.1) is 13.0 Å². The maximum absolute atomic E-state index is 13.0. The molecular formula is C30H39ClN6O6. The van der Waals surface area contributed by atoms with Gasteiger partial charge < -0.3 is 36.4 Å². The summed E-state index contributed by atoms with van der Waals surface area (Å²) in [6, 6.07) is 16.9. The molecule has 2 aromatic rings. The molecule has 6 N–H and O–H groups in total. The van der Waals surface area contributed by atoms with Crippen molar-refractivity contribution in [2.75, 3.05) is 39.3 Å². The van der Waals surface area contributed by atoms with Gasteiger partial charge in [0.15, 0.2) is 5.96 Å². The second-order valence-electron chi connectivity index (χ2n) is 10.2. The van der Waals surface area contributed by atoms with Crippen molar-refractivity contribution in [2.45, 2.75) is 38.2 Å². The van der Waals surface area contributed by atoms with E-state index in [0.29, 0.717) is 43.9 Å². The third-order valence-electron chi connectivity index (χ3n) is 7.03. The first-order valence-corrected chi connectivity index (χ1v) is 14.6. The number of amides is 3. The van der Waals surface area contributed by atoms with Crippen LogP contribution in [0.1, 0.15) is 42.7 Å². The van der Waals surface area contributed by atoms with Crippen LogP contribution in [0.4, 0.5) is 4.79 Å². The molecule has 0 saturated carbocycles. The van der Waals surface area contributed by atoms with E-state index < -0.39 is 12.1 Å². The lowest BCUT2D eigenvalue weighted by molar-refractivity contribution is -0.138. The molecule has 3 amide bonds. The summed E-state index contributed by atoms with van der Waals surface area (Å²) in [5.41, 5.74) is 6.74. The monoisotopic (exact) mass is 614 g/mol. The highest BCUT2D eigenvalue weighted by atomic mass is 35.5. The fraction of sp³-hybridized carbons (Fsp3) is 0.433. The standard InChI is InChI=1S/C22H30ClN5O4.C8H9NO2/c23-18-3-1-15(2-4-18)17(14-27-22-25-9-10-26-22)13-19(29)28-11-6-16(7-12-28)21(32)24-8-5-20(30)31;9-8(10)11-6-7-4-2-1-3-5-7/h1-4,16-17H,5-14H2,(H,24,32)(H,30,31)(H2,25,26,27);1-5H,6H2,(H2,9,10). The molecule has 1 atom stereocenters. The number of carboxylic acid groups (broad SMARTS) is 1. The molecule has 2 heterocycles. The molecule has 1 fully saturated rings. The minimum Gasteiger partial charge on any atom is -0.481 e. The van der Waals surface area contributed by atoms with E-state index in [9.17, 15) is 19.2 Å². The first-order valence-electron chi connectivity index (χ1n) is 14.2. The van der Waals surface area contributed by atoms with Gasteiger partial charge in [-0.25, -0.2) is 4.79 Å². The Hall–Kier alpha value is -4.32. The number of carboxylic acids is 1. The molecule has 0 aromatic heterocycles. The highest BCUT2D eigenvalue weighted by Crippen LogP contribution is 2.24. The number of ether oxygens (including phenoxy) is 1. The largest absolute Gasteiger partial charge is 0.481 e. The molecule has 12 nitrogen and oxygen atoms in total. The zero-order chi connectivity index (χ0) is 31.0. The van der Waals surface area contributed by atoms with E-state index in [2.05, 4.69) is 25.7 Å². The van der Waals surface area contributed by atoms with E-state index in [0.717, 1.165) is 30.2 Å². The Morgan fingerprint density at radius 1 is 1.09 bits per heavy atom. The van der Waals surface area contributed by atoms with Crippen molar-refractivity contribution in [1.82, 2.24) is 20.9 Å². The van der Waals surface area contributed by atoms with Gasteiger partial charge in [-0.3, -0.25) is 19.4 Å². The van der Waals surface area contributed by atoms with Gasteiger partial charge >= 0.3 is 12.1 Å². The van der Waals surface area contributed by atoms with Crippen LogP contribution in [-0.4, -0.2) is 79.1 Å². The number of carbonyl (C=O) groups is 4. The number of carbonyl (C=O) groups excluding carboxylic acids is 3. The average Bonchev–Trinajstić information content (AvgIpc) is 3.53. The first kappa shape index (κ1) is 33.2.